The molecule has 1 aliphatic heterocycles. The maximum absolute atomic E-state index is 14.2. The summed E-state index contributed by atoms with van der Waals surface area (Å²) in [5.41, 5.74) is 1.76. The average molecular weight is 473 g/mol. The zero-order valence-electron chi connectivity index (χ0n) is 20.0. The average Bonchev–Trinajstić information content (AvgIpc) is 3.09. The molecule has 2 aromatic rings. The number of morpholine rings is 1. The van der Waals surface area contributed by atoms with Gasteiger partial charge in [-0.2, -0.15) is 0 Å². The van der Waals surface area contributed by atoms with Crippen LogP contribution in [0.1, 0.15) is 72.2 Å². The number of rotatable bonds is 3. The van der Waals surface area contributed by atoms with Crippen molar-refractivity contribution in [1.29, 1.82) is 0 Å². The number of amides is 2. The molecule has 33 heavy (non-hydrogen) atoms. The van der Waals surface area contributed by atoms with Crippen LogP contribution in [0.5, 0.6) is 0 Å². The second kappa shape index (κ2) is 9.18. The molecule has 3 atom stereocenters. The van der Waals surface area contributed by atoms with E-state index in [2.05, 4.69) is 26.1 Å². The lowest BCUT2D eigenvalue weighted by Gasteiger charge is -2.36. The number of hydrogen-bond donors (Lipinski definition) is 1. The minimum Gasteiger partial charge on any atom is -0.372 e. The fraction of sp³-hybridized carbons (Fsp3) is 0.538. The van der Waals surface area contributed by atoms with E-state index in [1.165, 1.54) is 23.5 Å². The number of halogens is 1. The summed E-state index contributed by atoms with van der Waals surface area (Å²) in [4.78, 5) is 29.7. The highest BCUT2D eigenvalue weighted by molar-refractivity contribution is 7.17. The molecule has 0 unspecified atom stereocenters. The first kappa shape index (κ1) is 23.9. The van der Waals surface area contributed by atoms with Gasteiger partial charge < -0.3 is 15.0 Å². The summed E-state index contributed by atoms with van der Waals surface area (Å²) in [6.07, 6.45) is 2.60. The summed E-state index contributed by atoms with van der Waals surface area (Å²) >= 11 is 1.47. The van der Waals surface area contributed by atoms with E-state index in [1.807, 2.05) is 18.7 Å². The van der Waals surface area contributed by atoms with Crippen molar-refractivity contribution in [3.63, 3.8) is 0 Å². The van der Waals surface area contributed by atoms with Crippen LogP contribution < -0.4 is 5.32 Å². The van der Waals surface area contributed by atoms with Crippen molar-refractivity contribution < 1.29 is 18.7 Å². The maximum Gasteiger partial charge on any atom is 0.259 e. The Kier molecular flexibility index (Phi) is 6.65. The standard InChI is InChI=1S/C26H33FN2O3S/c1-15-13-29(14-16(2)32-15)25(31)22-19-11-10-17(26(3,4)5)12-21(19)33-24(22)28-23(30)18-8-6-7-9-20(18)27/h6-9,15-17H,10-14H2,1-5H3,(H,28,30)/t15-,16-,17+/m0/s1. The molecule has 1 saturated heterocycles. The van der Waals surface area contributed by atoms with Gasteiger partial charge in [-0.3, -0.25) is 9.59 Å². The lowest BCUT2D eigenvalue weighted by atomic mass is 9.72. The van der Waals surface area contributed by atoms with E-state index in [1.54, 1.807) is 12.1 Å². The smallest absolute Gasteiger partial charge is 0.259 e. The minimum atomic E-state index is -0.576. The summed E-state index contributed by atoms with van der Waals surface area (Å²) in [5, 5.41) is 3.41. The van der Waals surface area contributed by atoms with Crippen molar-refractivity contribution >= 4 is 28.2 Å². The quantitative estimate of drug-likeness (QED) is 0.638. The summed E-state index contributed by atoms with van der Waals surface area (Å²) in [6.45, 7) is 11.7. The van der Waals surface area contributed by atoms with E-state index in [9.17, 15) is 14.0 Å². The van der Waals surface area contributed by atoms with Crippen molar-refractivity contribution in [3.05, 3.63) is 51.7 Å². The Morgan fingerprint density at radius 1 is 1.15 bits per heavy atom. The number of hydrogen-bond acceptors (Lipinski definition) is 4. The fourth-order valence-electron chi connectivity index (χ4n) is 4.96. The molecule has 178 valence electrons. The number of thiophene rings is 1. The molecule has 0 radical (unpaired) electrons. The summed E-state index contributed by atoms with van der Waals surface area (Å²) < 4.78 is 20.1. The Bertz CT molecular complexity index is 1050. The zero-order chi connectivity index (χ0) is 23.9. The first-order chi connectivity index (χ1) is 15.5. The molecule has 1 fully saturated rings. The lowest BCUT2D eigenvalue weighted by molar-refractivity contribution is -0.0586. The van der Waals surface area contributed by atoms with Crippen LogP contribution in [0.2, 0.25) is 0 Å². The molecule has 1 aliphatic carbocycles. The number of ether oxygens (including phenoxy) is 1. The molecule has 1 aromatic carbocycles. The van der Waals surface area contributed by atoms with Crippen molar-refractivity contribution in [2.24, 2.45) is 11.3 Å². The summed E-state index contributed by atoms with van der Waals surface area (Å²) in [7, 11) is 0. The lowest BCUT2D eigenvalue weighted by Crippen LogP contribution is -2.48. The first-order valence-corrected chi connectivity index (χ1v) is 12.5. The maximum atomic E-state index is 14.2. The molecule has 1 N–H and O–H groups in total. The predicted molar refractivity (Wildman–Crippen MR) is 130 cm³/mol. The van der Waals surface area contributed by atoms with Crippen molar-refractivity contribution in [2.45, 2.75) is 66.1 Å². The van der Waals surface area contributed by atoms with E-state index >= 15 is 0 Å². The van der Waals surface area contributed by atoms with Crippen molar-refractivity contribution in [1.82, 2.24) is 4.90 Å². The Morgan fingerprint density at radius 3 is 2.45 bits per heavy atom. The van der Waals surface area contributed by atoms with Gasteiger partial charge in [0.25, 0.3) is 11.8 Å². The molecule has 5 nitrogen and oxygen atoms in total. The normalized spacial score (nSPS) is 23.2. The predicted octanol–water partition coefficient (Wildman–Crippen LogP) is 5.54. The molecule has 7 heteroatoms. The van der Waals surface area contributed by atoms with Crippen LogP contribution in [0.4, 0.5) is 9.39 Å². The SMILES string of the molecule is C[C@H]1CN(C(=O)c2c(NC(=O)c3ccccc3F)sc3c2CC[C@@H](C(C)(C)C)C3)C[C@H](C)O1. The van der Waals surface area contributed by atoms with Gasteiger partial charge in [0.15, 0.2) is 0 Å². The van der Waals surface area contributed by atoms with Gasteiger partial charge in [0.05, 0.1) is 23.3 Å². The number of nitrogens with zero attached hydrogens (tertiary/aromatic N) is 1. The number of carbonyl (C=O) groups excluding carboxylic acids is 2. The number of anilines is 1. The third-order valence-corrected chi connectivity index (χ3v) is 7.93. The molecule has 0 saturated carbocycles. The molecule has 1 aromatic heterocycles. The van der Waals surface area contributed by atoms with Gasteiger partial charge in [0.1, 0.15) is 10.8 Å². The summed E-state index contributed by atoms with van der Waals surface area (Å²) in [5.74, 6) is -0.678. The second-order valence-electron chi connectivity index (χ2n) is 10.4. The van der Waals surface area contributed by atoms with Gasteiger partial charge in [-0.1, -0.05) is 32.9 Å². The number of benzene rings is 1. The Balaban J connectivity index is 1.71. The number of carbonyl (C=O) groups is 2. The van der Waals surface area contributed by atoms with Crippen LogP contribution in [0, 0.1) is 17.2 Å². The van der Waals surface area contributed by atoms with Crippen LogP contribution in [-0.2, 0) is 17.6 Å². The monoisotopic (exact) mass is 472 g/mol. The number of nitrogens with one attached hydrogen (secondary N) is 1. The molecular formula is C26H33FN2O3S. The highest BCUT2D eigenvalue weighted by atomic mass is 32.1. The van der Waals surface area contributed by atoms with Crippen LogP contribution in [-0.4, -0.2) is 42.0 Å². The van der Waals surface area contributed by atoms with Gasteiger partial charge in [0, 0.05) is 18.0 Å². The molecule has 0 spiro atoms. The highest BCUT2D eigenvalue weighted by Gasteiger charge is 2.36. The third-order valence-electron chi connectivity index (χ3n) is 6.76. The highest BCUT2D eigenvalue weighted by Crippen LogP contribution is 2.45. The Morgan fingerprint density at radius 2 is 1.82 bits per heavy atom. The molecule has 2 amide bonds. The van der Waals surface area contributed by atoms with Gasteiger partial charge >= 0.3 is 0 Å². The van der Waals surface area contributed by atoms with Crippen LogP contribution in [0.15, 0.2) is 24.3 Å². The van der Waals surface area contributed by atoms with E-state index in [0.717, 1.165) is 29.7 Å². The van der Waals surface area contributed by atoms with E-state index in [0.29, 0.717) is 29.6 Å². The largest absolute Gasteiger partial charge is 0.372 e. The van der Waals surface area contributed by atoms with Crippen LogP contribution in [0.3, 0.4) is 0 Å². The topological polar surface area (TPSA) is 58.6 Å². The molecular weight excluding hydrogens is 439 g/mol. The molecule has 2 heterocycles. The van der Waals surface area contributed by atoms with E-state index in [-0.39, 0.29) is 29.1 Å². The van der Waals surface area contributed by atoms with Gasteiger partial charge in [-0.25, -0.2) is 4.39 Å². The van der Waals surface area contributed by atoms with E-state index < -0.39 is 11.7 Å². The van der Waals surface area contributed by atoms with Crippen molar-refractivity contribution in [2.75, 3.05) is 18.4 Å². The Labute approximate surface area is 199 Å². The van der Waals surface area contributed by atoms with Crippen molar-refractivity contribution in [3.8, 4) is 0 Å². The van der Waals surface area contributed by atoms with Gasteiger partial charge in [-0.15, -0.1) is 11.3 Å². The van der Waals surface area contributed by atoms with Gasteiger partial charge in [0.2, 0.25) is 0 Å². The Hall–Kier alpha value is -2.25. The summed E-state index contributed by atoms with van der Waals surface area (Å²) in [6, 6.07) is 5.91. The molecule has 4 rings (SSSR count). The van der Waals surface area contributed by atoms with Gasteiger partial charge in [-0.05, 0) is 62.1 Å². The fourth-order valence-corrected chi connectivity index (χ4v) is 6.27. The molecule has 2 aliphatic rings. The van der Waals surface area contributed by atoms with Crippen LogP contribution >= 0.6 is 11.3 Å². The molecule has 0 bridgehead atoms. The van der Waals surface area contributed by atoms with Crippen LogP contribution in [0.25, 0.3) is 0 Å². The van der Waals surface area contributed by atoms with E-state index in [4.69, 9.17) is 4.74 Å². The minimum absolute atomic E-state index is 0.0246. The zero-order valence-corrected chi connectivity index (χ0v) is 20.9. The first-order valence-electron chi connectivity index (χ1n) is 11.7. The second-order valence-corrected chi connectivity index (χ2v) is 11.5. The third kappa shape index (κ3) is 4.99. The number of fused-ring (bicyclic) bond motifs is 1.